The molecule has 0 spiro atoms. The van der Waals surface area contributed by atoms with Crippen LogP contribution in [0.1, 0.15) is 34.8 Å². The maximum Gasteiger partial charge on any atom is 0.251 e. The van der Waals surface area contributed by atoms with Crippen molar-refractivity contribution < 1.29 is 14.0 Å². The number of nitrogens with one attached hydrogen (secondary N) is 3. The van der Waals surface area contributed by atoms with Crippen molar-refractivity contribution in [2.45, 2.75) is 44.3 Å². The predicted octanol–water partition coefficient (Wildman–Crippen LogP) is 2.57. The molecule has 0 radical (unpaired) electrons. The van der Waals surface area contributed by atoms with E-state index in [2.05, 4.69) is 28.9 Å². The molecule has 174 valence electrons. The first-order valence-corrected chi connectivity index (χ1v) is 12.1. The van der Waals surface area contributed by atoms with Crippen molar-refractivity contribution in [3.8, 4) is 17.2 Å². The van der Waals surface area contributed by atoms with Crippen LogP contribution >= 0.6 is 0 Å². The summed E-state index contributed by atoms with van der Waals surface area (Å²) in [5, 5.41) is 18.7. The fourth-order valence-corrected chi connectivity index (χ4v) is 6.72. The number of nitriles is 1. The number of benzene rings is 2. The fourth-order valence-electron chi connectivity index (χ4n) is 6.72. The van der Waals surface area contributed by atoms with Crippen molar-refractivity contribution in [2.75, 3.05) is 6.54 Å². The summed E-state index contributed by atoms with van der Waals surface area (Å²) in [6.07, 6.45) is 1.90. The molecule has 7 heteroatoms. The van der Waals surface area contributed by atoms with Gasteiger partial charge in [0.2, 0.25) is 5.91 Å². The van der Waals surface area contributed by atoms with E-state index in [1.807, 2.05) is 18.2 Å². The van der Waals surface area contributed by atoms with Gasteiger partial charge in [0, 0.05) is 24.6 Å². The number of rotatable bonds is 5. The van der Waals surface area contributed by atoms with Crippen LogP contribution in [0.5, 0.6) is 0 Å². The Balaban J connectivity index is 1.14. The number of fused-ring (bicyclic) bond motifs is 6. The van der Waals surface area contributed by atoms with Crippen LogP contribution in [-0.2, 0) is 17.6 Å². The normalized spacial score (nSPS) is 31.1. The molecular formula is C27H27FN4O2. The lowest BCUT2D eigenvalue weighted by atomic mass is 9.93. The molecule has 3 fully saturated rings. The molecule has 2 heterocycles. The van der Waals surface area contributed by atoms with Gasteiger partial charge in [-0.25, -0.2) is 4.39 Å². The molecule has 6 rings (SSSR count). The molecule has 4 aliphatic rings. The van der Waals surface area contributed by atoms with Crippen LogP contribution < -0.4 is 16.0 Å². The van der Waals surface area contributed by atoms with Gasteiger partial charge in [-0.2, -0.15) is 5.26 Å². The molecule has 34 heavy (non-hydrogen) atoms. The van der Waals surface area contributed by atoms with Crippen molar-refractivity contribution in [2.24, 2.45) is 23.7 Å². The summed E-state index contributed by atoms with van der Waals surface area (Å²) >= 11 is 0. The molecule has 2 aliphatic heterocycles. The van der Waals surface area contributed by atoms with E-state index in [0.29, 0.717) is 52.9 Å². The Hall–Kier alpha value is -3.24. The summed E-state index contributed by atoms with van der Waals surface area (Å²) in [4.78, 5) is 24.8. The van der Waals surface area contributed by atoms with Crippen LogP contribution in [0.2, 0.25) is 0 Å². The van der Waals surface area contributed by atoms with Gasteiger partial charge in [0.25, 0.3) is 5.91 Å². The van der Waals surface area contributed by atoms with E-state index in [-0.39, 0.29) is 24.3 Å². The van der Waals surface area contributed by atoms with Gasteiger partial charge in [0.05, 0.1) is 12.1 Å². The van der Waals surface area contributed by atoms with Crippen LogP contribution in [0.25, 0.3) is 11.1 Å². The van der Waals surface area contributed by atoms with E-state index in [1.54, 1.807) is 12.1 Å². The van der Waals surface area contributed by atoms with Gasteiger partial charge in [-0.3, -0.25) is 9.59 Å². The van der Waals surface area contributed by atoms with Gasteiger partial charge in [0.1, 0.15) is 11.9 Å². The topological polar surface area (TPSA) is 94.0 Å². The van der Waals surface area contributed by atoms with Crippen LogP contribution in [-0.4, -0.2) is 36.5 Å². The highest BCUT2D eigenvalue weighted by Gasteiger charge is 2.67. The highest BCUT2D eigenvalue weighted by Crippen LogP contribution is 2.64. The second-order valence-corrected chi connectivity index (χ2v) is 10.2. The zero-order valence-electron chi connectivity index (χ0n) is 19.0. The molecule has 2 aromatic rings. The Bertz CT molecular complexity index is 1240. The number of piperidine rings is 1. The van der Waals surface area contributed by atoms with E-state index in [1.165, 1.54) is 6.07 Å². The number of nitrogens with zero attached hydrogens (tertiary/aromatic N) is 1. The number of halogens is 1. The van der Waals surface area contributed by atoms with Gasteiger partial charge in [0.15, 0.2) is 0 Å². The van der Waals surface area contributed by atoms with E-state index >= 15 is 0 Å². The third-order valence-corrected chi connectivity index (χ3v) is 8.42. The minimum Gasteiger partial charge on any atom is -0.352 e. The van der Waals surface area contributed by atoms with E-state index in [4.69, 9.17) is 0 Å². The zero-order chi connectivity index (χ0) is 23.6. The second kappa shape index (κ2) is 7.92. The smallest absolute Gasteiger partial charge is 0.251 e. The van der Waals surface area contributed by atoms with E-state index in [9.17, 15) is 19.2 Å². The average molecular weight is 459 g/mol. The molecule has 7 atom stereocenters. The highest BCUT2D eigenvalue weighted by atomic mass is 19.1. The molecule has 0 aromatic heterocycles. The number of carbonyl (C=O) groups excluding carboxylic acids is 2. The van der Waals surface area contributed by atoms with Crippen LogP contribution in [0.4, 0.5) is 4.39 Å². The Kier molecular flexibility index (Phi) is 4.96. The Morgan fingerprint density at radius 1 is 1.24 bits per heavy atom. The predicted molar refractivity (Wildman–Crippen MR) is 124 cm³/mol. The maximum atomic E-state index is 15.0. The largest absolute Gasteiger partial charge is 0.352 e. The van der Waals surface area contributed by atoms with Crippen molar-refractivity contribution in [1.29, 1.82) is 5.26 Å². The third kappa shape index (κ3) is 3.40. The van der Waals surface area contributed by atoms with Gasteiger partial charge in [-0.1, -0.05) is 31.2 Å². The molecule has 7 unspecified atom stereocenters. The summed E-state index contributed by atoms with van der Waals surface area (Å²) in [5.74, 6) is 1.74. The van der Waals surface area contributed by atoms with E-state index < -0.39 is 11.9 Å². The minimum atomic E-state index is -0.788. The summed E-state index contributed by atoms with van der Waals surface area (Å²) < 4.78 is 15.0. The quantitative estimate of drug-likeness (QED) is 0.642. The van der Waals surface area contributed by atoms with Gasteiger partial charge in [-0.15, -0.1) is 0 Å². The van der Waals surface area contributed by atoms with Crippen molar-refractivity contribution in [3.63, 3.8) is 0 Å². The molecule has 1 saturated heterocycles. The molecule has 6 nitrogen and oxygen atoms in total. The lowest BCUT2D eigenvalue weighted by Crippen LogP contribution is -2.51. The number of amides is 2. The Morgan fingerprint density at radius 3 is 2.79 bits per heavy atom. The van der Waals surface area contributed by atoms with Crippen LogP contribution in [0, 0.1) is 40.8 Å². The molecular weight excluding hydrogens is 431 g/mol. The van der Waals surface area contributed by atoms with Gasteiger partial charge < -0.3 is 16.0 Å². The van der Waals surface area contributed by atoms with Crippen LogP contribution in [0.3, 0.4) is 0 Å². The highest BCUT2D eigenvalue weighted by molar-refractivity contribution is 5.97. The molecule has 2 saturated carbocycles. The standard InChI is InChI=1S/C27H27FN4O2/c1-13-23-20-11-22(24(13)23)32-25(20)27(34)31-18(12-29)9-17-3-2-15(10-21(17)28)14-4-5-19-16(8-14)6-7-30-26(19)33/h2-5,8,10,13,18,20,22-25,32H,6-7,9,11H2,1H3,(H,30,33)(H,31,34). The van der Waals surface area contributed by atoms with E-state index in [0.717, 1.165) is 24.0 Å². The van der Waals surface area contributed by atoms with Crippen molar-refractivity contribution in [3.05, 3.63) is 58.9 Å². The van der Waals surface area contributed by atoms with Gasteiger partial charge in [-0.05, 0) is 70.9 Å². The third-order valence-electron chi connectivity index (χ3n) is 8.42. The first-order valence-electron chi connectivity index (χ1n) is 12.1. The van der Waals surface area contributed by atoms with Crippen LogP contribution in [0.15, 0.2) is 36.4 Å². The number of carbonyl (C=O) groups is 2. The fraction of sp³-hybridized carbons (Fsp3) is 0.444. The molecule has 3 N–H and O–H groups in total. The summed E-state index contributed by atoms with van der Waals surface area (Å²) in [6.45, 7) is 2.85. The lowest BCUT2D eigenvalue weighted by molar-refractivity contribution is -0.124. The summed E-state index contributed by atoms with van der Waals surface area (Å²) in [6, 6.07) is 12.0. The first kappa shape index (κ1) is 21.3. The SMILES string of the molecule is CC1C2C3CC(C(C(=O)NC(C#N)Cc4ccc(-c5ccc6c(c5)CCNC6=O)cc4F)N3)C12. The maximum absolute atomic E-state index is 15.0. The minimum absolute atomic E-state index is 0.0778. The summed E-state index contributed by atoms with van der Waals surface area (Å²) in [5.41, 5.74) is 3.58. The summed E-state index contributed by atoms with van der Waals surface area (Å²) in [7, 11) is 0. The Labute approximate surface area is 197 Å². The lowest BCUT2D eigenvalue weighted by Gasteiger charge is -2.23. The zero-order valence-corrected chi connectivity index (χ0v) is 19.0. The molecule has 2 bridgehead atoms. The second-order valence-electron chi connectivity index (χ2n) is 10.2. The monoisotopic (exact) mass is 458 g/mol. The molecule has 2 aliphatic carbocycles. The molecule has 2 amide bonds. The van der Waals surface area contributed by atoms with Gasteiger partial charge >= 0.3 is 0 Å². The molecule has 2 aromatic carbocycles. The number of hydrogen-bond acceptors (Lipinski definition) is 4. The van der Waals surface area contributed by atoms with Crippen molar-refractivity contribution in [1.82, 2.24) is 16.0 Å². The first-order chi connectivity index (χ1) is 16.4. The van der Waals surface area contributed by atoms with Crippen molar-refractivity contribution >= 4 is 11.8 Å². The Morgan fingerprint density at radius 2 is 2.03 bits per heavy atom. The average Bonchev–Trinajstić information content (AvgIpc) is 3.17. The number of hydrogen-bond donors (Lipinski definition) is 3.